The highest BCUT2D eigenvalue weighted by Gasteiger charge is 1.94. The number of halogens is 1. The summed E-state index contributed by atoms with van der Waals surface area (Å²) in [5.41, 5.74) is 1.95. The zero-order chi connectivity index (χ0) is 7.40. The Labute approximate surface area is 59.3 Å². The molecule has 1 aromatic carbocycles. The van der Waals surface area contributed by atoms with Crippen LogP contribution in [0.3, 0.4) is 0 Å². The van der Waals surface area contributed by atoms with Gasteiger partial charge in [0.05, 0.1) is 0 Å². The van der Waals surface area contributed by atoms with Crippen LogP contribution in [-0.2, 0) is 11.5 Å². The fourth-order valence-electron chi connectivity index (χ4n) is 0.831. The van der Waals surface area contributed by atoms with Gasteiger partial charge in [0.25, 0.3) is 0 Å². The average Bonchev–Trinajstić information content (AvgIpc) is 1.94. The van der Waals surface area contributed by atoms with Gasteiger partial charge in [-0.1, -0.05) is 24.3 Å². The largest absolute Gasteiger partial charge is 0.189 e. The van der Waals surface area contributed by atoms with Gasteiger partial charge in [0.15, 0.2) is 0 Å². The quantitative estimate of drug-likeness (QED) is 0.612. The van der Waals surface area contributed by atoms with Crippen LogP contribution in [0.2, 0.25) is 0 Å². The lowest BCUT2D eigenvalue weighted by Gasteiger charge is -1.99. The molecule has 0 spiro atoms. The molecule has 54 valence electrons. The van der Waals surface area contributed by atoms with Gasteiger partial charge in [-0.2, -0.15) is 4.94 Å². The van der Waals surface area contributed by atoms with Crippen molar-refractivity contribution in [3.8, 4) is 0 Å². The standard InChI is InChI=1S/C8H9FO/c1-7-4-2-3-5-8(7)6-10-9/h2-5H,6H2,1H3. The Bertz CT molecular complexity index is 210. The Morgan fingerprint density at radius 3 is 2.70 bits per heavy atom. The fraction of sp³-hybridized carbons (Fsp3) is 0.250. The zero-order valence-corrected chi connectivity index (χ0v) is 5.80. The highest BCUT2D eigenvalue weighted by Crippen LogP contribution is 2.07. The van der Waals surface area contributed by atoms with Crippen LogP contribution in [0.15, 0.2) is 24.3 Å². The van der Waals surface area contributed by atoms with E-state index in [1.54, 1.807) is 0 Å². The maximum absolute atomic E-state index is 11.4. The highest BCUT2D eigenvalue weighted by atomic mass is 19.3. The molecule has 0 unspecified atom stereocenters. The Balaban J connectivity index is 2.81. The molecule has 0 fully saturated rings. The van der Waals surface area contributed by atoms with Crippen molar-refractivity contribution in [2.75, 3.05) is 0 Å². The summed E-state index contributed by atoms with van der Waals surface area (Å²) in [6.07, 6.45) is 0. The number of hydrogen-bond donors (Lipinski definition) is 0. The molecule has 10 heavy (non-hydrogen) atoms. The van der Waals surface area contributed by atoms with E-state index in [2.05, 4.69) is 4.94 Å². The van der Waals surface area contributed by atoms with Gasteiger partial charge in [0, 0.05) is 0 Å². The Morgan fingerprint density at radius 2 is 2.10 bits per heavy atom. The summed E-state index contributed by atoms with van der Waals surface area (Å²) in [7, 11) is 0. The summed E-state index contributed by atoms with van der Waals surface area (Å²) in [6.45, 7) is 1.97. The van der Waals surface area contributed by atoms with Crippen molar-refractivity contribution in [3.05, 3.63) is 35.4 Å². The number of hydrogen-bond acceptors (Lipinski definition) is 1. The van der Waals surface area contributed by atoms with E-state index in [1.807, 2.05) is 31.2 Å². The topological polar surface area (TPSA) is 9.23 Å². The molecule has 1 rings (SSSR count). The second kappa shape index (κ2) is 3.32. The molecule has 0 bridgehead atoms. The van der Waals surface area contributed by atoms with Gasteiger partial charge in [-0.15, -0.1) is 0 Å². The lowest BCUT2D eigenvalue weighted by Crippen LogP contribution is -1.87. The van der Waals surface area contributed by atoms with Crippen LogP contribution in [0, 0.1) is 6.92 Å². The van der Waals surface area contributed by atoms with Crippen molar-refractivity contribution >= 4 is 0 Å². The van der Waals surface area contributed by atoms with E-state index < -0.39 is 0 Å². The van der Waals surface area contributed by atoms with E-state index in [9.17, 15) is 4.53 Å². The van der Waals surface area contributed by atoms with E-state index in [-0.39, 0.29) is 6.61 Å². The smallest absolute Gasteiger partial charge is 0.113 e. The minimum atomic E-state index is 0.0483. The predicted molar refractivity (Wildman–Crippen MR) is 37.1 cm³/mol. The molecule has 0 heterocycles. The molecule has 0 amide bonds. The van der Waals surface area contributed by atoms with Crippen molar-refractivity contribution in [1.82, 2.24) is 0 Å². The minimum absolute atomic E-state index is 0.0483. The van der Waals surface area contributed by atoms with Gasteiger partial charge < -0.3 is 0 Å². The third-order valence-electron chi connectivity index (χ3n) is 1.47. The predicted octanol–water partition coefficient (Wildman–Crippen LogP) is 2.40. The summed E-state index contributed by atoms with van der Waals surface area (Å²) in [6, 6.07) is 7.54. The molecule has 0 aliphatic heterocycles. The van der Waals surface area contributed by atoms with Crippen molar-refractivity contribution in [3.63, 3.8) is 0 Å². The molecule has 0 aromatic heterocycles. The van der Waals surface area contributed by atoms with Crippen LogP contribution in [0.4, 0.5) is 4.53 Å². The Kier molecular flexibility index (Phi) is 2.40. The van der Waals surface area contributed by atoms with Crippen LogP contribution in [0.1, 0.15) is 11.1 Å². The van der Waals surface area contributed by atoms with Gasteiger partial charge in [-0.05, 0) is 22.6 Å². The summed E-state index contributed by atoms with van der Waals surface area (Å²) in [5.74, 6) is 0. The fourth-order valence-corrected chi connectivity index (χ4v) is 0.831. The van der Waals surface area contributed by atoms with Crippen molar-refractivity contribution in [2.45, 2.75) is 13.5 Å². The van der Waals surface area contributed by atoms with Gasteiger partial charge in [-0.25, -0.2) is 0 Å². The zero-order valence-electron chi connectivity index (χ0n) is 5.80. The lowest BCUT2D eigenvalue weighted by atomic mass is 10.1. The minimum Gasteiger partial charge on any atom is -0.189 e. The van der Waals surface area contributed by atoms with Crippen molar-refractivity contribution in [1.29, 1.82) is 0 Å². The Morgan fingerprint density at radius 1 is 1.40 bits per heavy atom. The van der Waals surface area contributed by atoms with Crippen LogP contribution in [0.5, 0.6) is 0 Å². The molecular formula is C8H9FO. The second-order valence-electron chi connectivity index (χ2n) is 2.18. The summed E-state index contributed by atoms with van der Waals surface area (Å²) < 4.78 is 11.4. The van der Waals surface area contributed by atoms with Crippen molar-refractivity contribution < 1.29 is 9.47 Å². The van der Waals surface area contributed by atoms with Crippen LogP contribution in [0.25, 0.3) is 0 Å². The van der Waals surface area contributed by atoms with Crippen LogP contribution < -0.4 is 0 Å². The number of rotatable bonds is 2. The highest BCUT2D eigenvalue weighted by molar-refractivity contribution is 5.24. The summed E-state index contributed by atoms with van der Waals surface area (Å²) in [5, 5.41) is 0. The summed E-state index contributed by atoms with van der Waals surface area (Å²) in [4.78, 5) is 3.51. The van der Waals surface area contributed by atoms with Gasteiger partial charge >= 0.3 is 0 Å². The first-order valence-corrected chi connectivity index (χ1v) is 3.12. The third-order valence-corrected chi connectivity index (χ3v) is 1.47. The van der Waals surface area contributed by atoms with Gasteiger partial charge in [0.2, 0.25) is 0 Å². The van der Waals surface area contributed by atoms with Gasteiger partial charge in [-0.3, -0.25) is 0 Å². The first-order valence-electron chi connectivity index (χ1n) is 3.12. The summed E-state index contributed by atoms with van der Waals surface area (Å²) >= 11 is 0. The molecule has 0 saturated heterocycles. The van der Waals surface area contributed by atoms with E-state index >= 15 is 0 Å². The molecule has 1 nitrogen and oxygen atoms in total. The maximum atomic E-state index is 11.4. The molecule has 2 heteroatoms. The SMILES string of the molecule is Cc1ccccc1COF. The first kappa shape index (κ1) is 7.22. The van der Waals surface area contributed by atoms with E-state index in [4.69, 9.17) is 0 Å². The molecule has 0 radical (unpaired) electrons. The molecular weight excluding hydrogens is 131 g/mol. The third kappa shape index (κ3) is 1.54. The lowest BCUT2D eigenvalue weighted by molar-refractivity contribution is -0.144. The molecule has 0 N–H and O–H groups in total. The normalized spacial score (nSPS) is 9.80. The molecule has 0 atom stereocenters. The molecule has 0 aliphatic carbocycles. The number of benzene rings is 1. The molecule has 0 saturated carbocycles. The Hall–Kier alpha value is -0.890. The maximum Gasteiger partial charge on any atom is 0.113 e. The van der Waals surface area contributed by atoms with Crippen LogP contribution in [-0.4, -0.2) is 0 Å². The van der Waals surface area contributed by atoms with E-state index in [1.165, 1.54) is 0 Å². The number of aryl methyl sites for hydroxylation is 1. The molecule has 0 aliphatic rings. The average molecular weight is 140 g/mol. The second-order valence-corrected chi connectivity index (χ2v) is 2.18. The van der Waals surface area contributed by atoms with E-state index in [0.29, 0.717) is 0 Å². The van der Waals surface area contributed by atoms with Gasteiger partial charge in [0.1, 0.15) is 6.61 Å². The first-order chi connectivity index (χ1) is 4.84. The van der Waals surface area contributed by atoms with E-state index in [0.717, 1.165) is 11.1 Å². The van der Waals surface area contributed by atoms with Crippen molar-refractivity contribution in [2.24, 2.45) is 0 Å². The molecule has 1 aromatic rings. The van der Waals surface area contributed by atoms with Crippen LogP contribution >= 0.6 is 0 Å². The monoisotopic (exact) mass is 140 g/mol.